The van der Waals surface area contributed by atoms with Crippen LogP contribution in [-0.2, 0) is 6.61 Å². The number of benzene rings is 3. The normalized spacial score (nSPS) is 11.0. The molecule has 150 valence electrons. The Kier molecular flexibility index (Phi) is 6.64. The van der Waals surface area contributed by atoms with Crippen molar-refractivity contribution in [2.75, 3.05) is 5.43 Å². The van der Waals surface area contributed by atoms with Gasteiger partial charge in [-0.25, -0.2) is 4.98 Å². The van der Waals surface area contributed by atoms with Crippen LogP contribution in [0.15, 0.2) is 83.3 Å². The minimum atomic E-state index is 0.417. The number of rotatable bonds is 7. The summed E-state index contributed by atoms with van der Waals surface area (Å²) in [6.45, 7) is 0.417. The lowest BCUT2D eigenvalue weighted by atomic mass is 10.2. The fraction of sp³-hybridized carbons (Fsp3) is 0.0435. The van der Waals surface area contributed by atoms with E-state index < -0.39 is 0 Å². The Morgan fingerprint density at radius 1 is 0.967 bits per heavy atom. The third-order valence-corrected chi connectivity index (χ3v) is 5.45. The molecule has 0 fully saturated rings. The summed E-state index contributed by atoms with van der Waals surface area (Å²) < 4.78 is 5.95. The highest BCUT2D eigenvalue weighted by Gasteiger charge is 2.06. The average molecular weight is 454 g/mol. The molecule has 0 saturated carbocycles. The van der Waals surface area contributed by atoms with Crippen LogP contribution in [0.2, 0.25) is 10.0 Å². The van der Waals surface area contributed by atoms with Gasteiger partial charge in [0, 0.05) is 26.6 Å². The molecule has 0 unspecified atom stereocenters. The van der Waals surface area contributed by atoms with E-state index in [-0.39, 0.29) is 0 Å². The molecule has 0 spiro atoms. The highest BCUT2D eigenvalue weighted by Crippen LogP contribution is 2.25. The molecule has 1 heterocycles. The zero-order valence-electron chi connectivity index (χ0n) is 15.8. The number of aromatic nitrogens is 1. The second-order valence-electron chi connectivity index (χ2n) is 6.37. The maximum atomic E-state index is 6.16. The predicted octanol–water partition coefficient (Wildman–Crippen LogP) is 7.14. The number of thiazole rings is 1. The van der Waals surface area contributed by atoms with E-state index in [0.717, 1.165) is 22.4 Å². The number of hydrazone groups is 1. The van der Waals surface area contributed by atoms with Crippen LogP contribution in [0.5, 0.6) is 5.75 Å². The third kappa shape index (κ3) is 5.39. The molecule has 4 aromatic rings. The van der Waals surface area contributed by atoms with Crippen molar-refractivity contribution in [3.05, 3.63) is 99.3 Å². The zero-order chi connectivity index (χ0) is 20.8. The van der Waals surface area contributed by atoms with Crippen molar-refractivity contribution in [1.82, 2.24) is 4.98 Å². The number of halogens is 2. The van der Waals surface area contributed by atoms with Gasteiger partial charge in [0.1, 0.15) is 12.4 Å². The summed E-state index contributed by atoms with van der Waals surface area (Å²) in [6.07, 6.45) is 1.67. The number of ether oxygens (including phenoxy) is 1. The molecule has 0 aliphatic carbocycles. The van der Waals surface area contributed by atoms with Gasteiger partial charge in [-0.15, -0.1) is 11.3 Å². The van der Waals surface area contributed by atoms with Gasteiger partial charge in [-0.3, -0.25) is 5.43 Å². The lowest BCUT2D eigenvalue weighted by Gasteiger charge is -2.09. The Bertz CT molecular complexity index is 1140. The number of hydrogen-bond donors (Lipinski definition) is 1. The molecule has 0 saturated heterocycles. The van der Waals surface area contributed by atoms with E-state index in [2.05, 4.69) is 15.5 Å². The van der Waals surface area contributed by atoms with Crippen LogP contribution in [0, 0.1) is 0 Å². The van der Waals surface area contributed by atoms with Gasteiger partial charge >= 0.3 is 0 Å². The summed E-state index contributed by atoms with van der Waals surface area (Å²) >= 11 is 13.6. The fourth-order valence-electron chi connectivity index (χ4n) is 2.72. The van der Waals surface area contributed by atoms with E-state index in [1.54, 1.807) is 18.3 Å². The first-order valence-electron chi connectivity index (χ1n) is 9.14. The van der Waals surface area contributed by atoms with Crippen LogP contribution in [-0.4, -0.2) is 11.2 Å². The van der Waals surface area contributed by atoms with Gasteiger partial charge < -0.3 is 4.74 Å². The van der Waals surface area contributed by atoms with E-state index in [0.29, 0.717) is 27.5 Å². The van der Waals surface area contributed by atoms with Gasteiger partial charge in [-0.2, -0.15) is 5.10 Å². The first kappa shape index (κ1) is 20.4. The number of nitrogens with zero attached hydrogens (tertiary/aromatic N) is 2. The van der Waals surface area contributed by atoms with Crippen LogP contribution in [0.1, 0.15) is 11.1 Å². The Balaban J connectivity index is 1.43. The standard InChI is InChI=1S/C23H17Cl2N3OS/c24-19-8-6-16(7-9-19)14-29-22-11-10-20(25)12-18(22)13-26-28-23-27-21(15-30-23)17-4-2-1-3-5-17/h1-13,15H,14H2,(H,27,28). The second kappa shape index (κ2) is 9.76. The van der Waals surface area contributed by atoms with Crippen LogP contribution in [0.3, 0.4) is 0 Å². The molecule has 0 aliphatic rings. The molecule has 0 aliphatic heterocycles. The number of hydrogen-bond acceptors (Lipinski definition) is 5. The zero-order valence-corrected chi connectivity index (χ0v) is 18.1. The molecule has 7 heteroatoms. The average Bonchev–Trinajstić information content (AvgIpc) is 3.24. The molecule has 4 rings (SSSR count). The van der Waals surface area contributed by atoms with E-state index in [1.165, 1.54) is 11.3 Å². The highest BCUT2D eigenvalue weighted by atomic mass is 35.5. The molecule has 0 radical (unpaired) electrons. The lowest BCUT2D eigenvalue weighted by Crippen LogP contribution is -1.99. The van der Waals surface area contributed by atoms with Crippen molar-refractivity contribution >= 4 is 45.9 Å². The summed E-state index contributed by atoms with van der Waals surface area (Å²) in [5.41, 5.74) is 6.74. The molecule has 30 heavy (non-hydrogen) atoms. The molecule has 0 bridgehead atoms. The van der Waals surface area contributed by atoms with Crippen LogP contribution in [0.4, 0.5) is 5.13 Å². The smallest absolute Gasteiger partial charge is 0.203 e. The molecular formula is C23H17Cl2N3OS. The van der Waals surface area contributed by atoms with Gasteiger partial charge in [-0.05, 0) is 35.9 Å². The quantitative estimate of drug-likeness (QED) is 0.238. The van der Waals surface area contributed by atoms with Crippen molar-refractivity contribution in [1.29, 1.82) is 0 Å². The lowest BCUT2D eigenvalue weighted by molar-refractivity contribution is 0.306. The first-order valence-corrected chi connectivity index (χ1v) is 10.8. The topological polar surface area (TPSA) is 46.5 Å². The van der Waals surface area contributed by atoms with Crippen molar-refractivity contribution in [2.45, 2.75) is 6.61 Å². The minimum absolute atomic E-state index is 0.417. The Labute approximate surface area is 188 Å². The van der Waals surface area contributed by atoms with Crippen LogP contribution < -0.4 is 10.2 Å². The summed E-state index contributed by atoms with van der Waals surface area (Å²) in [5.74, 6) is 0.684. The third-order valence-electron chi connectivity index (χ3n) is 4.22. The van der Waals surface area contributed by atoms with Crippen molar-refractivity contribution < 1.29 is 4.74 Å². The molecular weight excluding hydrogens is 437 g/mol. The van der Waals surface area contributed by atoms with Crippen molar-refractivity contribution in [3.8, 4) is 17.0 Å². The van der Waals surface area contributed by atoms with Gasteiger partial charge in [-0.1, -0.05) is 65.7 Å². The molecule has 4 nitrogen and oxygen atoms in total. The van der Waals surface area contributed by atoms with Gasteiger partial charge in [0.2, 0.25) is 5.13 Å². The van der Waals surface area contributed by atoms with E-state index >= 15 is 0 Å². The summed E-state index contributed by atoms with van der Waals surface area (Å²) in [7, 11) is 0. The number of anilines is 1. The summed E-state index contributed by atoms with van der Waals surface area (Å²) in [6, 6.07) is 23.0. The molecule has 1 aromatic heterocycles. The molecule has 0 amide bonds. The van der Waals surface area contributed by atoms with Gasteiger partial charge in [0.25, 0.3) is 0 Å². The first-order chi connectivity index (χ1) is 14.7. The highest BCUT2D eigenvalue weighted by molar-refractivity contribution is 7.14. The molecule has 0 atom stereocenters. The number of nitrogens with one attached hydrogen (secondary N) is 1. The van der Waals surface area contributed by atoms with Crippen molar-refractivity contribution in [3.63, 3.8) is 0 Å². The Hall–Kier alpha value is -2.86. The Morgan fingerprint density at radius 2 is 1.73 bits per heavy atom. The van der Waals surface area contributed by atoms with Crippen LogP contribution >= 0.6 is 34.5 Å². The minimum Gasteiger partial charge on any atom is -0.488 e. The summed E-state index contributed by atoms with van der Waals surface area (Å²) in [4.78, 5) is 4.56. The van der Waals surface area contributed by atoms with Crippen LogP contribution in [0.25, 0.3) is 11.3 Å². The SMILES string of the molecule is Clc1ccc(COc2ccc(Cl)cc2C=NNc2nc(-c3ccccc3)cs2)cc1. The maximum Gasteiger partial charge on any atom is 0.203 e. The van der Waals surface area contributed by atoms with E-state index in [9.17, 15) is 0 Å². The maximum absolute atomic E-state index is 6.16. The van der Waals surface area contributed by atoms with Gasteiger partial charge in [0.05, 0.1) is 11.9 Å². The predicted molar refractivity (Wildman–Crippen MR) is 126 cm³/mol. The van der Waals surface area contributed by atoms with E-state index in [1.807, 2.05) is 66.0 Å². The van der Waals surface area contributed by atoms with Gasteiger partial charge in [0.15, 0.2) is 0 Å². The monoisotopic (exact) mass is 453 g/mol. The summed E-state index contributed by atoms with van der Waals surface area (Å²) in [5, 5.41) is 8.31. The molecule has 1 N–H and O–H groups in total. The van der Waals surface area contributed by atoms with E-state index in [4.69, 9.17) is 27.9 Å². The fourth-order valence-corrected chi connectivity index (χ4v) is 3.69. The largest absolute Gasteiger partial charge is 0.488 e. The molecule has 3 aromatic carbocycles. The van der Waals surface area contributed by atoms with Crippen molar-refractivity contribution in [2.24, 2.45) is 5.10 Å². The second-order valence-corrected chi connectivity index (χ2v) is 8.10. The Morgan fingerprint density at radius 3 is 2.53 bits per heavy atom.